The lowest BCUT2D eigenvalue weighted by molar-refractivity contribution is 0.355. The van der Waals surface area contributed by atoms with Crippen molar-refractivity contribution in [3.63, 3.8) is 0 Å². The van der Waals surface area contributed by atoms with E-state index in [9.17, 15) is 0 Å². The van der Waals surface area contributed by atoms with E-state index in [1.807, 2.05) is 0 Å². The fourth-order valence-corrected chi connectivity index (χ4v) is 4.65. The highest BCUT2D eigenvalue weighted by atomic mass is 32.1. The molecule has 1 aromatic heterocycles. The van der Waals surface area contributed by atoms with Gasteiger partial charge in [-0.2, -0.15) is 9.97 Å². The van der Waals surface area contributed by atoms with Crippen LogP contribution < -0.4 is 20.4 Å². The number of thiocarbonyl (C=S) groups is 1. The number of piperidine rings is 2. The summed E-state index contributed by atoms with van der Waals surface area (Å²) in [5.41, 5.74) is -0.102. The molecule has 0 bridgehead atoms. The van der Waals surface area contributed by atoms with Gasteiger partial charge in [0.25, 0.3) is 0 Å². The van der Waals surface area contributed by atoms with Gasteiger partial charge >= 0.3 is 0 Å². The molecule has 156 valence electrons. The highest BCUT2D eigenvalue weighted by Gasteiger charge is 2.25. The Morgan fingerprint density at radius 3 is 2.14 bits per heavy atom. The molecule has 3 heterocycles. The minimum atomic E-state index is -0.102. The van der Waals surface area contributed by atoms with Crippen LogP contribution in [-0.2, 0) is 0 Å². The SMILES string of the molecule is C[C@@H]1C[C@H](C)CN(c2cc(N3CCCCC3)nc(NC(=S)NC(C)(C)C)n2)C1. The number of nitrogens with zero attached hydrogens (tertiary/aromatic N) is 4. The first-order chi connectivity index (χ1) is 13.2. The summed E-state index contributed by atoms with van der Waals surface area (Å²) in [5.74, 6) is 3.96. The van der Waals surface area contributed by atoms with Crippen molar-refractivity contribution in [2.24, 2.45) is 11.8 Å². The molecule has 0 spiro atoms. The number of anilines is 3. The molecule has 6 nitrogen and oxygen atoms in total. The molecule has 0 radical (unpaired) electrons. The standard InChI is InChI=1S/C21H36N6S/c1-15-11-16(2)14-27(13-15)18-12-17(26-9-7-6-8-10-26)22-19(23-18)24-20(28)25-21(3,4)5/h12,15-16H,6-11,13-14H2,1-5H3,(H2,22,23,24,25,28)/t15-,16+. The molecule has 0 unspecified atom stereocenters. The molecule has 2 fully saturated rings. The van der Waals surface area contributed by atoms with Crippen LogP contribution in [0.2, 0.25) is 0 Å². The van der Waals surface area contributed by atoms with Gasteiger partial charge in [-0.05, 0) is 70.5 Å². The van der Waals surface area contributed by atoms with Crippen molar-refractivity contribution in [3.05, 3.63) is 6.07 Å². The zero-order chi connectivity index (χ0) is 20.3. The quantitative estimate of drug-likeness (QED) is 0.738. The first kappa shape index (κ1) is 21.1. The largest absolute Gasteiger partial charge is 0.358 e. The van der Waals surface area contributed by atoms with Crippen LogP contribution in [0.25, 0.3) is 0 Å². The van der Waals surface area contributed by atoms with E-state index >= 15 is 0 Å². The summed E-state index contributed by atoms with van der Waals surface area (Å²) < 4.78 is 0. The molecule has 2 atom stereocenters. The van der Waals surface area contributed by atoms with Crippen LogP contribution in [0.5, 0.6) is 0 Å². The van der Waals surface area contributed by atoms with Crippen LogP contribution >= 0.6 is 12.2 Å². The summed E-state index contributed by atoms with van der Waals surface area (Å²) in [4.78, 5) is 14.5. The van der Waals surface area contributed by atoms with Crippen molar-refractivity contribution < 1.29 is 0 Å². The van der Waals surface area contributed by atoms with Crippen molar-refractivity contribution in [1.82, 2.24) is 15.3 Å². The molecule has 0 saturated carbocycles. The van der Waals surface area contributed by atoms with Crippen molar-refractivity contribution in [2.75, 3.05) is 41.3 Å². The van der Waals surface area contributed by atoms with Gasteiger partial charge < -0.3 is 20.4 Å². The summed E-state index contributed by atoms with van der Waals surface area (Å²) in [5, 5.41) is 7.08. The topological polar surface area (TPSA) is 56.3 Å². The Kier molecular flexibility index (Phi) is 6.63. The van der Waals surface area contributed by atoms with E-state index < -0.39 is 0 Å². The van der Waals surface area contributed by atoms with Gasteiger partial charge in [0.05, 0.1) is 0 Å². The molecule has 2 N–H and O–H groups in total. The van der Waals surface area contributed by atoms with Gasteiger partial charge in [-0.15, -0.1) is 0 Å². The first-order valence-electron chi connectivity index (χ1n) is 10.7. The molecule has 2 aliphatic rings. The summed E-state index contributed by atoms with van der Waals surface area (Å²) in [6.07, 6.45) is 5.04. The van der Waals surface area contributed by atoms with Crippen molar-refractivity contribution in [2.45, 2.75) is 65.8 Å². The smallest absolute Gasteiger partial charge is 0.232 e. The van der Waals surface area contributed by atoms with E-state index in [0.717, 1.165) is 37.8 Å². The van der Waals surface area contributed by atoms with E-state index in [4.69, 9.17) is 22.2 Å². The molecule has 1 aromatic rings. The van der Waals surface area contributed by atoms with Crippen LogP contribution in [0, 0.1) is 11.8 Å². The number of nitrogens with one attached hydrogen (secondary N) is 2. The zero-order valence-corrected chi connectivity index (χ0v) is 18.9. The Morgan fingerprint density at radius 1 is 1.00 bits per heavy atom. The average molecular weight is 405 g/mol. The second kappa shape index (κ2) is 8.80. The maximum absolute atomic E-state index is 5.49. The number of hydrogen-bond donors (Lipinski definition) is 2. The van der Waals surface area contributed by atoms with Gasteiger partial charge in [0.2, 0.25) is 5.95 Å². The zero-order valence-electron chi connectivity index (χ0n) is 18.1. The van der Waals surface area contributed by atoms with Crippen molar-refractivity contribution in [1.29, 1.82) is 0 Å². The lowest BCUT2D eigenvalue weighted by atomic mass is 9.92. The highest BCUT2D eigenvalue weighted by molar-refractivity contribution is 7.80. The van der Waals surface area contributed by atoms with Gasteiger partial charge in [-0.3, -0.25) is 0 Å². The molecular formula is C21H36N6S. The van der Waals surface area contributed by atoms with Crippen LogP contribution in [0.15, 0.2) is 6.07 Å². The van der Waals surface area contributed by atoms with E-state index in [1.54, 1.807) is 0 Å². The summed E-state index contributed by atoms with van der Waals surface area (Å²) >= 11 is 5.49. The van der Waals surface area contributed by atoms with Gasteiger partial charge in [0.15, 0.2) is 5.11 Å². The fourth-order valence-electron chi connectivity index (χ4n) is 4.25. The van der Waals surface area contributed by atoms with Crippen LogP contribution in [0.4, 0.5) is 17.6 Å². The third kappa shape index (κ3) is 5.93. The molecule has 7 heteroatoms. The second-order valence-corrected chi connectivity index (χ2v) is 10.0. The Balaban J connectivity index is 1.86. The van der Waals surface area contributed by atoms with Gasteiger partial charge in [0, 0.05) is 37.8 Å². The average Bonchev–Trinajstić information content (AvgIpc) is 2.59. The Hall–Kier alpha value is -1.63. The van der Waals surface area contributed by atoms with E-state index in [-0.39, 0.29) is 5.54 Å². The van der Waals surface area contributed by atoms with Gasteiger partial charge in [-0.25, -0.2) is 0 Å². The summed E-state index contributed by atoms with van der Waals surface area (Å²) in [6, 6.07) is 2.17. The molecule has 2 aliphatic heterocycles. The summed E-state index contributed by atoms with van der Waals surface area (Å²) in [7, 11) is 0. The number of hydrogen-bond acceptors (Lipinski definition) is 5. The molecule has 2 saturated heterocycles. The van der Waals surface area contributed by atoms with Crippen LogP contribution in [0.3, 0.4) is 0 Å². The lowest BCUT2D eigenvalue weighted by Crippen LogP contribution is -2.43. The third-order valence-electron chi connectivity index (χ3n) is 5.29. The maximum atomic E-state index is 5.49. The normalized spacial score (nSPS) is 23.5. The molecule has 0 aromatic carbocycles. The second-order valence-electron chi connectivity index (χ2n) is 9.64. The minimum Gasteiger partial charge on any atom is -0.358 e. The lowest BCUT2D eigenvalue weighted by Gasteiger charge is -2.36. The Bertz CT molecular complexity index is 670. The van der Waals surface area contributed by atoms with Crippen molar-refractivity contribution >= 4 is 34.9 Å². The van der Waals surface area contributed by atoms with Crippen LogP contribution in [0.1, 0.15) is 60.3 Å². The molecular weight excluding hydrogens is 368 g/mol. The van der Waals surface area contributed by atoms with E-state index in [1.165, 1.54) is 25.7 Å². The van der Waals surface area contributed by atoms with Gasteiger partial charge in [0.1, 0.15) is 11.6 Å². The molecule has 28 heavy (non-hydrogen) atoms. The molecule has 3 rings (SSSR count). The van der Waals surface area contributed by atoms with E-state index in [2.05, 4.69) is 61.1 Å². The number of rotatable bonds is 3. The maximum Gasteiger partial charge on any atom is 0.232 e. The van der Waals surface area contributed by atoms with Crippen LogP contribution in [-0.4, -0.2) is 46.8 Å². The molecule has 0 aliphatic carbocycles. The minimum absolute atomic E-state index is 0.102. The Morgan fingerprint density at radius 2 is 1.57 bits per heavy atom. The molecule has 0 amide bonds. The fraction of sp³-hybridized carbons (Fsp3) is 0.762. The van der Waals surface area contributed by atoms with Gasteiger partial charge in [-0.1, -0.05) is 13.8 Å². The highest BCUT2D eigenvalue weighted by Crippen LogP contribution is 2.29. The summed E-state index contributed by atoms with van der Waals surface area (Å²) in [6.45, 7) is 15.2. The third-order valence-corrected chi connectivity index (χ3v) is 5.49. The van der Waals surface area contributed by atoms with E-state index in [0.29, 0.717) is 22.9 Å². The monoisotopic (exact) mass is 404 g/mol. The number of aromatic nitrogens is 2. The first-order valence-corrected chi connectivity index (χ1v) is 11.1. The van der Waals surface area contributed by atoms with Crippen molar-refractivity contribution in [3.8, 4) is 0 Å². The predicted octanol–water partition coefficient (Wildman–Crippen LogP) is 4.03. The Labute approximate surface area is 175 Å². The predicted molar refractivity (Wildman–Crippen MR) is 122 cm³/mol.